The Bertz CT molecular complexity index is 730. The number of rotatable bonds is 6. The topological polar surface area (TPSA) is 58.6 Å². The van der Waals surface area contributed by atoms with Crippen molar-refractivity contribution in [2.24, 2.45) is 5.92 Å². The molecule has 0 aliphatic carbocycles. The Morgan fingerprint density at radius 3 is 2.44 bits per heavy atom. The molecule has 0 aromatic heterocycles. The van der Waals surface area contributed by atoms with E-state index in [0.717, 1.165) is 18.9 Å². The number of alkyl halides is 3. The number of carboxylic acid groups (broad SMARTS) is 1. The van der Waals surface area contributed by atoms with Crippen LogP contribution in [0, 0.1) is 12.8 Å². The van der Waals surface area contributed by atoms with Crippen molar-refractivity contribution in [3.05, 3.63) is 27.8 Å². The van der Waals surface area contributed by atoms with Gasteiger partial charge in [-0.05, 0) is 25.0 Å². The number of carboxylic acids is 1. The van der Waals surface area contributed by atoms with Crippen molar-refractivity contribution in [2.45, 2.75) is 45.9 Å². The van der Waals surface area contributed by atoms with E-state index in [1.165, 1.54) is 13.0 Å². The standard InChI is InChI=1S/C18H20ClF3O4.Na/c1-4-10(5-2)8-25-15-9(3)14-11(7-13(15)19)6-12(17(23)24)16(26-14)18(20,21)22;/h6-7,10,16H,4-5,8H2,1-3H3,(H,23,24);/q;+1/p-1. The van der Waals surface area contributed by atoms with Crippen molar-refractivity contribution in [2.75, 3.05) is 6.61 Å². The second kappa shape index (κ2) is 9.54. The first-order chi connectivity index (χ1) is 12.1. The van der Waals surface area contributed by atoms with Crippen LogP contribution in [0.15, 0.2) is 11.6 Å². The van der Waals surface area contributed by atoms with E-state index in [2.05, 4.69) is 0 Å². The van der Waals surface area contributed by atoms with Crippen molar-refractivity contribution < 1.29 is 62.1 Å². The van der Waals surface area contributed by atoms with Crippen LogP contribution in [0.25, 0.3) is 6.08 Å². The normalized spacial score (nSPS) is 16.1. The number of aliphatic carboxylic acids is 1. The van der Waals surface area contributed by atoms with Crippen molar-refractivity contribution in [3.8, 4) is 11.5 Å². The maximum Gasteiger partial charge on any atom is 1.00 e. The molecule has 1 unspecified atom stereocenters. The van der Waals surface area contributed by atoms with Crippen LogP contribution in [0.5, 0.6) is 11.5 Å². The SMILES string of the molecule is CCC(CC)COc1c(Cl)cc2c(c1C)OC(C(F)(F)F)C(C(=O)[O-])=C2.[Na+]. The van der Waals surface area contributed by atoms with Crippen LogP contribution in [-0.4, -0.2) is 24.9 Å². The van der Waals surface area contributed by atoms with Gasteiger partial charge in [-0.3, -0.25) is 0 Å². The molecule has 144 valence electrons. The molecule has 2 rings (SSSR count). The first-order valence-electron chi connectivity index (χ1n) is 8.22. The molecule has 0 bridgehead atoms. The summed E-state index contributed by atoms with van der Waals surface area (Å²) in [6.07, 6.45) is -4.83. The van der Waals surface area contributed by atoms with Crippen molar-refractivity contribution in [3.63, 3.8) is 0 Å². The Kier molecular flexibility index (Phi) is 8.53. The van der Waals surface area contributed by atoms with Gasteiger partial charge in [-0.25, -0.2) is 0 Å². The summed E-state index contributed by atoms with van der Waals surface area (Å²) in [5, 5.41) is 11.3. The van der Waals surface area contributed by atoms with Crippen LogP contribution in [0.1, 0.15) is 37.8 Å². The minimum absolute atomic E-state index is 0. The minimum Gasteiger partial charge on any atom is -0.545 e. The largest absolute Gasteiger partial charge is 1.00 e. The molecule has 1 aliphatic heterocycles. The van der Waals surface area contributed by atoms with Crippen molar-refractivity contribution in [1.82, 2.24) is 0 Å². The molecule has 1 heterocycles. The van der Waals surface area contributed by atoms with E-state index < -0.39 is 23.8 Å². The van der Waals surface area contributed by atoms with E-state index in [-0.39, 0.29) is 57.6 Å². The molecular formula is C18H19ClF3NaO4. The predicted molar refractivity (Wildman–Crippen MR) is 89.2 cm³/mol. The van der Waals surface area contributed by atoms with E-state index in [1.807, 2.05) is 13.8 Å². The van der Waals surface area contributed by atoms with E-state index >= 15 is 0 Å². The summed E-state index contributed by atoms with van der Waals surface area (Å²) >= 11 is 6.19. The molecule has 1 aliphatic rings. The third kappa shape index (κ3) is 5.34. The Balaban J connectivity index is 0.00000364. The monoisotopic (exact) mass is 414 g/mol. The smallest absolute Gasteiger partial charge is 0.545 e. The maximum absolute atomic E-state index is 13.2. The van der Waals surface area contributed by atoms with E-state index in [4.69, 9.17) is 21.1 Å². The number of halogens is 4. The second-order valence-electron chi connectivity index (χ2n) is 6.15. The summed E-state index contributed by atoms with van der Waals surface area (Å²) in [4.78, 5) is 11.1. The van der Waals surface area contributed by atoms with E-state index in [0.29, 0.717) is 12.2 Å². The number of carbonyl (C=O) groups excluding carboxylic acids is 1. The van der Waals surface area contributed by atoms with Crippen LogP contribution in [0.3, 0.4) is 0 Å². The molecule has 0 N–H and O–H groups in total. The van der Waals surface area contributed by atoms with Crippen LogP contribution >= 0.6 is 11.6 Å². The van der Waals surface area contributed by atoms with Gasteiger partial charge >= 0.3 is 35.7 Å². The van der Waals surface area contributed by atoms with Gasteiger partial charge < -0.3 is 19.4 Å². The number of fused-ring (bicyclic) bond motifs is 1. The van der Waals surface area contributed by atoms with Crippen LogP contribution < -0.4 is 44.1 Å². The number of benzene rings is 1. The first-order valence-corrected chi connectivity index (χ1v) is 8.60. The van der Waals surface area contributed by atoms with Crippen molar-refractivity contribution >= 4 is 23.6 Å². The third-order valence-electron chi connectivity index (χ3n) is 4.42. The van der Waals surface area contributed by atoms with Crippen molar-refractivity contribution in [1.29, 1.82) is 0 Å². The predicted octanol–water partition coefficient (Wildman–Crippen LogP) is 0.924. The number of hydrogen-bond acceptors (Lipinski definition) is 4. The Hall–Kier alpha value is -0.890. The zero-order valence-corrected chi connectivity index (χ0v) is 18.3. The summed E-state index contributed by atoms with van der Waals surface area (Å²) in [6.45, 7) is 5.93. The second-order valence-corrected chi connectivity index (χ2v) is 6.56. The van der Waals surface area contributed by atoms with Gasteiger partial charge in [0, 0.05) is 16.7 Å². The van der Waals surface area contributed by atoms with E-state index in [9.17, 15) is 23.1 Å². The fourth-order valence-electron chi connectivity index (χ4n) is 2.77. The third-order valence-corrected chi connectivity index (χ3v) is 4.70. The fraction of sp³-hybridized carbons (Fsp3) is 0.500. The average Bonchev–Trinajstić information content (AvgIpc) is 2.56. The number of ether oxygens (including phenoxy) is 2. The van der Waals surface area contributed by atoms with Gasteiger partial charge in [0.05, 0.1) is 17.6 Å². The van der Waals surface area contributed by atoms with Gasteiger partial charge in [-0.15, -0.1) is 0 Å². The minimum atomic E-state index is -4.90. The summed E-state index contributed by atoms with van der Waals surface area (Å²) in [7, 11) is 0. The molecule has 0 saturated carbocycles. The molecule has 0 amide bonds. The Morgan fingerprint density at radius 2 is 1.96 bits per heavy atom. The number of carbonyl (C=O) groups is 1. The zero-order chi connectivity index (χ0) is 19.6. The molecule has 1 aromatic rings. The molecule has 0 spiro atoms. The summed E-state index contributed by atoms with van der Waals surface area (Å²) in [5.41, 5.74) is -0.561. The molecular weight excluding hydrogens is 396 g/mol. The van der Waals surface area contributed by atoms with Crippen LogP contribution in [0.2, 0.25) is 5.02 Å². The molecule has 0 radical (unpaired) electrons. The van der Waals surface area contributed by atoms with Gasteiger partial charge in [0.2, 0.25) is 6.10 Å². The van der Waals surface area contributed by atoms with Gasteiger partial charge in [0.15, 0.2) is 0 Å². The van der Waals surface area contributed by atoms with Gasteiger partial charge in [-0.2, -0.15) is 13.2 Å². The Morgan fingerprint density at radius 1 is 1.37 bits per heavy atom. The van der Waals surface area contributed by atoms with Crippen LogP contribution in [0.4, 0.5) is 13.2 Å². The van der Waals surface area contributed by atoms with Gasteiger partial charge in [0.1, 0.15) is 11.5 Å². The first kappa shape index (κ1) is 24.1. The molecule has 9 heteroatoms. The Labute approximate surface area is 183 Å². The quantitative estimate of drug-likeness (QED) is 0.650. The van der Waals surface area contributed by atoms with Gasteiger partial charge in [0.25, 0.3) is 0 Å². The summed E-state index contributed by atoms with van der Waals surface area (Å²) in [6, 6.07) is 1.33. The molecule has 4 nitrogen and oxygen atoms in total. The van der Waals surface area contributed by atoms with E-state index in [1.54, 1.807) is 0 Å². The van der Waals surface area contributed by atoms with Gasteiger partial charge in [-0.1, -0.05) is 38.3 Å². The summed E-state index contributed by atoms with van der Waals surface area (Å²) in [5.74, 6) is -1.51. The molecule has 1 atom stereocenters. The summed E-state index contributed by atoms with van der Waals surface area (Å²) < 4.78 is 50.3. The van der Waals surface area contributed by atoms with Crippen LogP contribution in [-0.2, 0) is 4.79 Å². The molecule has 27 heavy (non-hydrogen) atoms. The average molecular weight is 415 g/mol. The molecule has 0 fully saturated rings. The number of hydrogen-bond donors (Lipinski definition) is 0. The maximum atomic E-state index is 13.2. The fourth-order valence-corrected chi connectivity index (χ4v) is 3.08. The zero-order valence-electron chi connectivity index (χ0n) is 15.6. The molecule has 0 saturated heterocycles. The molecule has 1 aromatic carbocycles.